The molecule has 0 atom stereocenters. The first-order valence-corrected chi connectivity index (χ1v) is 11.6. The number of piperazine rings is 1. The molecule has 0 spiro atoms. The summed E-state index contributed by atoms with van der Waals surface area (Å²) in [6.07, 6.45) is 3.73. The van der Waals surface area contributed by atoms with Crippen molar-refractivity contribution in [2.45, 2.75) is 61.4 Å². The zero-order valence-electron chi connectivity index (χ0n) is 20.9. The average molecular weight is 420 g/mol. The Morgan fingerprint density at radius 2 is 1.47 bits per heavy atom. The predicted octanol–water partition coefficient (Wildman–Crippen LogP) is 4.72. The Kier molecular flexibility index (Phi) is 15.8. The van der Waals surface area contributed by atoms with Gasteiger partial charge in [0.2, 0.25) is 0 Å². The third-order valence-corrected chi connectivity index (χ3v) is 4.74. The van der Waals surface area contributed by atoms with Crippen molar-refractivity contribution < 1.29 is 4.74 Å². The van der Waals surface area contributed by atoms with Crippen molar-refractivity contribution in [3.8, 4) is 0 Å². The molecule has 0 N–H and O–H groups in total. The zero-order valence-corrected chi connectivity index (χ0v) is 20.9. The van der Waals surface area contributed by atoms with Crippen molar-refractivity contribution >= 4 is 5.82 Å². The maximum absolute atomic E-state index is 5.25. The number of nitrogens with zero attached hydrogens (tertiary/aromatic N) is 5. The van der Waals surface area contributed by atoms with E-state index in [2.05, 4.69) is 38.9 Å². The molecule has 0 saturated carbocycles. The van der Waals surface area contributed by atoms with E-state index < -0.39 is 0 Å². The monoisotopic (exact) mass is 419 g/mol. The summed E-state index contributed by atoms with van der Waals surface area (Å²) in [5.41, 5.74) is 2.42. The normalized spacial score (nSPS) is 15.6. The van der Waals surface area contributed by atoms with Crippen molar-refractivity contribution in [2.75, 3.05) is 44.3 Å². The van der Waals surface area contributed by atoms with Gasteiger partial charge in [0.15, 0.2) is 0 Å². The van der Waals surface area contributed by atoms with Crippen LogP contribution in [-0.2, 0) is 11.8 Å². The Labute approximate surface area is 185 Å². The largest absolute Gasteiger partial charge is 0.378 e. The molecule has 0 aliphatic carbocycles. The number of hydrogen-bond donors (Lipinski definition) is 0. The molecule has 2 aliphatic heterocycles. The fraction of sp³-hybridized carbons (Fsp3) is 0.667. The summed E-state index contributed by atoms with van der Waals surface area (Å²) >= 11 is 0. The second-order valence-corrected chi connectivity index (χ2v) is 6.50. The van der Waals surface area contributed by atoms with Gasteiger partial charge >= 0.3 is 0 Å². The fourth-order valence-corrected chi connectivity index (χ4v) is 2.84. The van der Waals surface area contributed by atoms with Crippen LogP contribution in [0.1, 0.15) is 52.8 Å². The van der Waals surface area contributed by atoms with E-state index in [1.54, 1.807) is 6.20 Å². The van der Waals surface area contributed by atoms with E-state index in [0.29, 0.717) is 6.04 Å². The van der Waals surface area contributed by atoms with Gasteiger partial charge in [-0.25, -0.2) is 4.98 Å². The number of pyridine rings is 1. The van der Waals surface area contributed by atoms with E-state index in [1.807, 2.05) is 72.5 Å². The minimum absolute atomic E-state index is 0.670. The maximum Gasteiger partial charge on any atom is 0.128 e. The zero-order chi connectivity index (χ0) is 22.9. The molecule has 2 aromatic rings. The predicted molar refractivity (Wildman–Crippen MR) is 129 cm³/mol. The van der Waals surface area contributed by atoms with E-state index in [0.717, 1.165) is 45.2 Å². The lowest BCUT2D eigenvalue weighted by Gasteiger charge is -2.42. The van der Waals surface area contributed by atoms with Crippen LogP contribution in [0.4, 0.5) is 5.82 Å². The van der Waals surface area contributed by atoms with Crippen LogP contribution in [-0.4, -0.2) is 65.1 Å². The Bertz CT molecular complexity index is 613. The molecule has 0 unspecified atom stereocenters. The average Bonchev–Trinajstić information content (AvgIpc) is 3.15. The van der Waals surface area contributed by atoms with Crippen LogP contribution < -0.4 is 4.90 Å². The minimum atomic E-state index is 0.670. The molecule has 0 radical (unpaired) electrons. The summed E-state index contributed by atoms with van der Waals surface area (Å²) in [6.45, 7) is 22.3. The molecule has 0 amide bonds. The number of ether oxygens (including phenoxy) is 1. The van der Waals surface area contributed by atoms with E-state index in [9.17, 15) is 0 Å². The SMILES string of the molecule is CC.CC.CC.Cc1ccc(N2CCN(C3COC3)CC2)nc1.Cc1ccnn1C. The lowest BCUT2D eigenvalue weighted by atomic mass is 10.2. The standard InChI is InChI=1S/C13H19N3O.C5H8N2.3C2H6/c1-11-2-3-13(14-8-11)16-6-4-15(5-7-16)12-9-17-10-12;1-5-3-4-6-7(5)2;3*1-2/h2-3,8,12H,4-7,9-10H2,1H3;3-4H,1-2H3;3*1-2H3. The fourth-order valence-electron chi connectivity index (χ4n) is 2.84. The Hall–Kier alpha value is -1.92. The highest BCUT2D eigenvalue weighted by molar-refractivity contribution is 5.39. The molecule has 0 bridgehead atoms. The number of hydrogen-bond acceptors (Lipinski definition) is 5. The number of anilines is 1. The van der Waals surface area contributed by atoms with E-state index >= 15 is 0 Å². The van der Waals surface area contributed by atoms with Gasteiger partial charge in [0.05, 0.1) is 19.3 Å². The van der Waals surface area contributed by atoms with Gasteiger partial charge in [-0.15, -0.1) is 0 Å². The van der Waals surface area contributed by atoms with E-state index in [-0.39, 0.29) is 0 Å². The van der Waals surface area contributed by atoms with Crippen LogP contribution in [0.25, 0.3) is 0 Å². The Morgan fingerprint density at radius 1 is 0.867 bits per heavy atom. The van der Waals surface area contributed by atoms with Gasteiger partial charge in [-0.3, -0.25) is 9.58 Å². The molecule has 6 heteroatoms. The molecule has 2 aromatic heterocycles. The van der Waals surface area contributed by atoms with Crippen LogP contribution >= 0.6 is 0 Å². The summed E-state index contributed by atoms with van der Waals surface area (Å²) in [4.78, 5) is 9.40. The lowest BCUT2D eigenvalue weighted by molar-refractivity contribution is -0.0661. The van der Waals surface area contributed by atoms with Crippen molar-refractivity contribution in [2.24, 2.45) is 7.05 Å². The minimum Gasteiger partial charge on any atom is -0.378 e. The number of aromatic nitrogens is 3. The number of aryl methyl sites for hydroxylation is 3. The topological polar surface area (TPSA) is 46.4 Å². The van der Waals surface area contributed by atoms with Gasteiger partial charge < -0.3 is 9.64 Å². The Morgan fingerprint density at radius 3 is 1.80 bits per heavy atom. The third kappa shape index (κ3) is 9.26. The molecule has 0 aromatic carbocycles. The lowest BCUT2D eigenvalue weighted by Crippen LogP contribution is -2.56. The molecule has 4 rings (SSSR count). The maximum atomic E-state index is 5.25. The molecule has 172 valence electrons. The highest BCUT2D eigenvalue weighted by Crippen LogP contribution is 2.17. The third-order valence-electron chi connectivity index (χ3n) is 4.74. The van der Waals surface area contributed by atoms with E-state index in [1.165, 1.54) is 11.3 Å². The summed E-state index contributed by atoms with van der Waals surface area (Å²) < 4.78 is 7.08. The first kappa shape index (κ1) is 28.1. The van der Waals surface area contributed by atoms with Crippen molar-refractivity contribution in [3.05, 3.63) is 41.9 Å². The second kappa shape index (κ2) is 16.8. The van der Waals surface area contributed by atoms with Crippen LogP contribution in [0.5, 0.6) is 0 Å². The molecular formula is C24H45N5O. The summed E-state index contributed by atoms with van der Waals surface area (Å²) in [6, 6.07) is 6.90. The summed E-state index contributed by atoms with van der Waals surface area (Å²) in [7, 11) is 1.93. The van der Waals surface area contributed by atoms with Crippen molar-refractivity contribution in [3.63, 3.8) is 0 Å². The van der Waals surface area contributed by atoms with Gasteiger partial charge in [-0.05, 0) is 31.5 Å². The molecule has 2 aliphatic rings. The van der Waals surface area contributed by atoms with Gasteiger partial charge in [0, 0.05) is 51.3 Å². The highest BCUT2D eigenvalue weighted by Gasteiger charge is 2.28. The van der Waals surface area contributed by atoms with Gasteiger partial charge in [0.25, 0.3) is 0 Å². The second-order valence-electron chi connectivity index (χ2n) is 6.50. The van der Waals surface area contributed by atoms with Gasteiger partial charge in [-0.2, -0.15) is 5.10 Å². The molecule has 30 heavy (non-hydrogen) atoms. The van der Waals surface area contributed by atoms with Crippen LogP contribution in [0.2, 0.25) is 0 Å². The van der Waals surface area contributed by atoms with E-state index in [4.69, 9.17) is 4.74 Å². The van der Waals surface area contributed by atoms with Crippen LogP contribution in [0.15, 0.2) is 30.6 Å². The van der Waals surface area contributed by atoms with Gasteiger partial charge in [0.1, 0.15) is 5.82 Å². The molecule has 6 nitrogen and oxygen atoms in total. The van der Waals surface area contributed by atoms with Crippen LogP contribution in [0.3, 0.4) is 0 Å². The van der Waals surface area contributed by atoms with Crippen molar-refractivity contribution in [1.82, 2.24) is 19.7 Å². The first-order valence-electron chi connectivity index (χ1n) is 11.6. The van der Waals surface area contributed by atoms with Crippen LogP contribution in [0, 0.1) is 13.8 Å². The molecule has 2 saturated heterocycles. The van der Waals surface area contributed by atoms with Gasteiger partial charge in [-0.1, -0.05) is 47.6 Å². The Balaban J connectivity index is 0.000000543. The highest BCUT2D eigenvalue weighted by atomic mass is 16.5. The summed E-state index contributed by atoms with van der Waals surface area (Å²) in [5, 5.41) is 3.93. The molecular weight excluding hydrogens is 374 g/mol. The first-order chi connectivity index (χ1) is 14.6. The molecule has 2 fully saturated rings. The van der Waals surface area contributed by atoms with Crippen molar-refractivity contribution in [1.29, 1.82) is 0 Å². The summed E-state index contributed by atoms with van der Waals surface area (Å²) in [5.74, 6) is 1.11. The quantitative estimate of drug-likeness (QED) is 0.705. The number of rotatable bonds is 2. The smallest absolute Gasteiger partial charge is 0.128 e. The molecule has 4 heterocycles.